The van der Waals surface area contributed by atoms with Gasteiger partial charge in [0.15, 0.2) is 11.6 Å². The van der Waals surface area contributed by atoms with Gasteiger partial charge in [0.25, 0.3) is 0 Å². The largest absolute Gasteiger partial charge is 0.444 e. The number of carbonyl (C=O) groups excluding carboxylic acids is 2. The van der Waals surface area contributed by atoms with Crippen molar-refractivity contribution in [2.45, 2.75) is 90.9 Å². The number of thiophene rings is 1. The van der Waals surface area contributed by atoms with E-state index in [2.05, 4.69) is 26.2 Å². The zero-order chi connectivity index (χ0) is 41.3. The maximum absolute atomic E-state index is 17.9. The van der Waals surface area contributed by atoms with Gasteiger partial charge in [0.2, 0.25) is 5.95 Å². The van der Waals surface area contributed by atoms with E-state index in [1.54, 1.807) is 25.7 Å². The lowest BCUT2D eigenvalue weighted by Crippen LogP contribution is -2.56. The second-order valence-electron chi connectivity index (χ2n) is 17.1. The number of likely N-dealkylation sites (tertiary alicyclic amines) is 1. The Kier molecular flexibility index (Phi) is 10.3. The van der Waals surface area contributed by atoms with Gasteiger partial charge in [0.1, 0.15) is 33.6 Å². The third-order valence-electron chi connectivity index (χ3n) is 10.8. The first kappa shape index (κ1) is 39.8. The molecule has 4 aromatic rings. The van der Waals surface area contributed by atoms with Crippen molar-refractivity contribution in [2.24, 2.45) is 0 Å². The molecule has 0 aliphatic carbocycles. The maximum atomic E-state index is 17.9. The molecule has 3 aromatic heterocycles. The van der Waals surface area contributed by atoms with Gasteiger partial charge in [-0.1, -0.05) is 0 Å². The van der Waals surface area contributed by atoms with Crippen molar-refractivity contribution in [1.82, 2.24) is 24.8 Å². The molecule has 4 aliphatic heterocycles. The smallest absolute Gasteiger partial charge is 0.412 e. The van der Waals surface area contributed by atoms with Crippen LogP contribution in [0.2, 0.25) is 0 Å². The summed E-state index contributed by atoms with van der Waals surface area (Å²) in [5, 5.41) is 23.2. The lowest BCUT2D eigenvalue weighted by molar-refractivity contribution is 0.0209. The van der Waals surface area contributed by atoms with Crippen molar-refractivity contribution >= 4 is 61.3 Å². The number of nitrogens with one attached hydrogen (secondary N) is 1. The molecule has 8 rings (SSSR count). The van der Waals surface area contributed by atoms with Crippen molar-refractivity contribution in [3.05, 3.63) is 34.5 Å². The number of hydrogen-bond acceptors (Lipinski definition) is 14. The predicted octanol–water partition coefficient (Wildman–Crippen LogP) is 6.14. The standard InChI is InChI=1S/C40H47F2N9O6S/c1-39(2,3)56-37(53)47-35-23(15-43)28-31(44-16-26(41)33(28)58-35)27-24-19-55-20-25(24)29-32(30(27)42)45-36(49-11-9-48(10-12-49)13-14-52)46-34(29)51-21-7-8-22(51)18-50(17-21)38(54)57-40(4,5)6/h16,21-22,52H,7-14,17-20H2,1-6H3,(H,47,53). The van der Waals surface area contributed by atoms with Crippen LogP contribution in [-0.2, 0) is 27.4 Å². The fourth-order valence-corrected chi connectivity index (χ4v) is 9.50. The SMILES string of the molecule is CC(C)(C)OC(=O)Nc1sc2c(F)cnc(-c3c4c(c5c(N6C7CCC6CN(C(=O)OC(C)(C)C)C7)nc(N6CCN(CCO)CC6)nc5c3F)COC4)c2c1C#N. The van der Waals surface area contributed by atoms with Gasteiger partial charge in [-0.3, -0.25) is 15.2 Å². The van der Waals surface area contributed by atoms with Crippen LogP contribution < -0.4 is 15.1 Å². The topological polar surface area (TPSA) is 170 Å². The van der Waals surface area contributed by atoms with Crippen molar-refractivity contribution < 1.29 is 37.7 Å². The fraction of sp³-hybridized carbons (Fsp3) is 0.550. The summed E-state index contributed by atoms with van der Waals surface area (Å²) in [6.45, 7) is 14.5. The molecule has 4 aliphatic rings. The molecule has 7 heterocycles. The number of rotatable bonds is 6. The van der Waals surface area contributed by atoms with E-state index in [0.717, 1.165) is 30.4 Å². The molecule has 18 heteroatoms. The van der Waals surface area contributed by atoms with Crippen LogP contribution in [0, 0.1) is 23.0 Å². The minimum absolute atomic E-state index is 0.0143. The van der Waals surface area contributed by atoms with Gasteiger partial charge in [-0.2, -0.15) is 10.2 Å². The van der Waals surface area contributed by atoms with Crippen molar-refractivity contribution in [1.29, 1.82) is 5.26 Å². The first-order valence-corrected chi connectivity index (χ1v) is 20.4. The van der Waals surface area contributed by atoms with E-state index in [1.807, 2.05) is 25.7 Å². The Morgan fingerprint density at radius 1 is 1.00 bits per heavy atom. The quantitative estimate of drug-likeness (QED) is 0.228. The summed E-state index contributed by atoms with van der Waals surface area (Å²) >= 11 is 0.841. The first-order valence-electron chi connectivity index (χ1n) is 19.5. The Morgan fingerprint density at radius 3 is 2.31 bits per heavy atom. The second kappa shape index (κ2) is 15.0. The van der Waals surface area contributed by atoms with Gasteiger partial charge in [0.05, 0.1) is 47.4 Å². The number of aliphatic hydroxyl groups excluding tert-OH is 1. The Hall–Kier alpha value is -4.96. The minimum atomic E-state index is -0.835. The number of benzene rings is 1. The van der Waals surface area contributed by atoms with Gasteiger partial charge in [-0.25, -0.2) is 23.4 Å². The van der Waals surface area contributed by atoms with Crippen LogP contribution in [0.5, 0.6) is 0 Å². The van der Waals surface area contributed by atoms with E-state index in [-0.39, 0.29) is 75.4 Å². The predicted molar refractivity (Wildman–Crippen MR) is 214 cm³/mol. The summed E-state index contributed by atoms with van der Waals surface area (Å²) in [6.07, 6.45) is 1.36. The van der Waals surface area contributed by atoms with Crippen LogP contribution >= 0.6 is 11.3 Å². The number of aliphatic hydroxyl groups is 1. The van der Waals surface area contributed by atoms with Crippen LogP contribution in [0.3, 0.4) is 0 Å². The van der Waals surface area contributed by atoms with Gasteiger partial charge < -0.3 is 34.0 Å². The fourth-order valence-electron chi connectivity index (χ4n) is 8.46. The molecule has 0 radical (unpaired) electrons. The number of amides is 2. The highest BCUT2D eigenvalue weighted by molar-refractivity contribution is 7.23. The number of anilines is 3. The van der Waals surface area contributed by atoms with Gasteiger partial charge in [-0.15, -0.1) is 11.3 Å². The molecule has 1 aromatic carbocycles. The average molecular weight is 820 g/mol. The molecule has 15 nitrogen and oxygen atoms in total. The number of halogens is 2. The second-order valence-corrected chi connectivity index (χ2v) is 18.2. The molecular weight excluding hydrogens is 773 g/mol. The molecule has 3 fully saturated rings. The zero-order valence-electron chi connectivity index (χ0n) is 33.4. The van der Waals surface area contributed by atoms with E-state index in [4.69, 9.17) is 24.2 Å². The number of carbonyl (C=O) groups is 2. The zero-order valence-corrected chi connectivity index (χ0v) is 34.3. The molecule has 308 valence electrons. The molecule has 0 saturated carbocycles. The summed E-state index contributed by atoms with van der Waals surface area (Å²) in [5.74, 6) is -0.575. The van der Waals surface area contributed by atoms with Crippen molar-refractivity contribution in [3.63, 3.8) is 0 Å². The molecule has 2 N–H and O–H groups in total. The highest BCUT2D eigenvalue weighted by Crippen LogP contribution is 2.48. The van der Waals surface area contributed by atoms with Crippen LogP contribution in [0.15, 0.2) is 6.20 Å². The molecule has 58 heavy (non-hydrogen) atoms. The van der Waals surface area contributed by atoms with Crippen LogP contribution in [0.1, 0.15) is 71.1 Å². The van der Waals surface area contributed by atoms with Gasteiger partial charge in [0, 0.05) is 68.8 Å². The van der Waals surface area contributed by atoms with Crippen LogP contribution in [0.25, 0.3) is 32.2 Å². The number of ether oxygens (including phenoxy) is 3. The number of aromatic nitrogens is 3. The molecule has 2 bridgehead atoms. The number of nitriles is 1. The lowest BCUT2D eigenvalue weighted by atomic mass is 9.93. The first-order chi connectivity index (χ1) is 27.5. The summed E-state index contributed by atoms with van der Waals surface area (Å²) in [6, 6.07) is 1.84. The maximum Gasteiger partial charge on any atom is 0.412 e. The third kappa shape index (κ3) is 7.33. The summed E-state index contributed by atoms with van der Waals surface area (Å²) < 4.78 is 50.7. The number of pyridine rings is 1. The molecule has 3 saturated heterocycles. The van der Waals surface area contributed by atoms with E-state index >= 15 is 8.78 Å². The Labute approximate surface area is 338 Å². The number of piperazine rings is 2. The van der Waals surface area contributed by atoms with E-state index in [1.165, 1.54) is 0 Å². The highest BCUT2D eigenvalue weighted by atomic mass is 32.1. The lowest BCUT2D eigenvalue weighted by Gasteiger charge is -2.42. The van der Waals surface area contributed by atoms with Crippen LogP contribution in [0.4, 0.5) is 35.1 Å². The number of β-amino-alcohol motifs (C(OH)–C–C–N with tert-alkyl or cyclic N) is 1. The van der Waals surface area contributed by atoms with Crippen molar-refractivity contribution in [2.75, 3.05) is 67.5 Å². The highest BCUT2D eigenvalue weighted by Gasteiger charge is 2.45. The molecule has 2 atom stereocenters. The van der Waals surface area contributed by atoms with Gasteiger partial charge >= 0.3 is 12.2 Å². The third-order valence-corrected chi connectivity index (χ3v) is 12.0. The number of hydrogen-bond donors (Lipinski definition) is 2. The normalized spacial score (nSPS) is 19.8. The number of nitrogens with zero attached hydrogens (tertiary/aromatic N) is 8. The van der Waals surface area contributed by atoms with E-state index in [9.17, 15) is 20.0 Å². The molecule has 2 unspecified atom stereocenters. The van der Waals surface area contributed by atoms with Crippen molar-refractivity contribution in [3.8, 4) is 17.3 Å². The van der Waals surface area contributed by atoms with E-state index < -0.39 is 28.9 Å². The monoisotopic (exact) mass is 819 g/mol. The number of fused-ring (bicyclic) bond motifs is 6. The minimum Gasteiger partial charge on any atom is -0.444 e. The molecular formula is C40H47F2N9O6S. The Balaban J connectivity index is 1.30. The van der Waals surface area contributed by atoms with Gasteiger partial charge in [-0.05, 0) is 65.5 Å². The summed E-state index contributed by atoms with van der Waals surface area (Å²) in [4.78, 5) is 48.7. The summed E-state index contributed by atoms with van der Waals surface area (Å²) in [5.41, 5.74) is -0.336. The summed E-state index contributed by atoms with van der Waals surface area (Å²) in [7, 11) is 0. The Morgan fingerprint density at radius 2 is 1.67 bits per heavy atom. The molecule has 0 spiro atoms. The van der Waals surface area contributed by atoms with Crippen LogP contribution in [-0.4, -0.2) is 118 Å². The Bertz CT molecular complexity index is 2330. The molecule has 2 amide bonds. The average Bonchev–Trinajstić information content (AvgIpc) is 3.85. The van der Waals surface area contributed by atoms with E-state index in [0.29, 0.717) is 74.1 Å².